The van der Waals surface area contributed by atoms with Crippen LogP contribution in [-0.2, 0) is 31.4 Å². The molecule has 3 aromatic rings. The second kappa shape index (κ2) is 11.3. The van der Waals surface area contributed by atoms with E-state index in [0.29, 0.717) is 49.0 Å². The quantitative estimate of drug-likeness (QED) is 0.424. The number of rotatable bonds is 4. The summed E-state index contributed by atoms with van der Waals surface area (Å²) in [6.45, 7) is 2.94. The van der Waals surface area contributed by atoms with Crippen molar-refractivity contribution < 1.29 is 22.7 Å². The van der Waals surface area contributed by atoms with Crippen LogP contribution in [0.15, 0.2) is 6.07 Å². The standard InChI is InChI=1S/C26H26ClF3N8O2S/c1-4-6-13-9-18(31)34-21(19(13)26(28,29)30)17-10-15-14(12-41-17)23(35-25(33-15)40-3)37-7-5-8-38-16(11-37)20(27)22(36-38)24(39)32-2/h9,17H,5,7-8,10-12H2,1-3H3,(H2,31,34)(H,32,39). The Kier molecular flexibility index (Phi) is 7.93. The van der Waals surface area contributed by atoms with Crippen LogP contribution in [0.4, 0.5) is 24.8 Å². The predicted octanol–water partition coefficient (Wildman–Crippen LogP) is 4.00. The number of nitrogens with one attached hydrogen (secondary N) is 1. The fraction of sp³-hybridized carbons (Fsp3) is 0.423. The second-order valence-corrected chi connectivity index (χ2v) is 10.9. The second-order valence-electron chi connectivity index (χ2n) is 9.38. The van der Waals surface area contributed by atoms with Gasteiger partial charge < -0.3 is 20.7 Å². The topological polar surface area (TPSA) is 124 Å². The molecule has 0 bridgehead atoms. The summed E-state index contributed by atoms with van der Waals surface area (Å²) in [6.07, 6.45) is -3.83. The number of nitrogens with zero attached hydrogens (tertiary/aromatic N) is 6. The Hall–Kier alpha value is -3.70. The zero-order valence-electron chi connectivity index (χ0n) is 22.4. The molecule has 0 fully saturated rings. The van der Waals surface area contributed by atoms with E-state index in [0.717, 1.165) is 11.6 Å². The maximum atomic E-state index is 14.3. The van der Waals surface area contributed by atoms with Gasteiger partial charge in [-0.25, -0.2) is 4.98 Å². The van der Waals surface area contributed by atoms with E-state index in [-0.39, 0.29) is 46.1 Å². The molecule has 216 valence electrons. The van der Waals surface area contributed by atoms with E-state index in [1.54, 1.807) is 4.68 Å². The fourth-order valence-electron chi connectivity index (χ4n) is 5.03. The van der Waals surface area contributed by atoms with Crippen LogP contribution in [0.1, 0.15) is 62.9 Å². The molecule has 3 N–H and O–H groups in total. The van der Waals surface area contributed by atoms with Crippen molar-refractivity contribution in [1.82, 2.24) is 30.0 Å². The van der Waals surface area contributed by atoms with Gasteiger partial charge in [0.05, 0.1) is 46.6 Å². The van der Waals surface area contributed by atoms with Gasteiger partial charge >= 0.3 is 12.2 Å². The minimum absolute atomic E-state index is 0.0349. The van der Waals surface area contributed by atoms with Gasteiger partial charge in [0.2, 0.25) is 0 Å². The third-order valence-corrected chi connectivity index (χ3v) is 8.47. The molecule has 1 atom stereocenters. The minimum Gasteiger partial charge on any atom is -0.467 e. The number of pyridine rings is 1. The van der Waals surface area contributed by atoms with E-state index >= 15 is 0 Å². The summed E-state index contributed by atoms with van der Waals surface area (Å²) in [7, 11) is 2.94. The van der Waals surface area contributed by atoms with Crippen molar-refractivity contribution in [2.45, 2.75) is 50.0 Å². The van der Waals surface area contributed by atoms with E-state index in [1.807, 2.05) is 4.90 Å². The number of thioether (sulfide) groups is 1. The number of aryl methyl sites for hydroxylation is 1. The SMILES string of the molecule is CC#Cc1cc(N)nc(C2Cc3nc(OC)nc(N4CCCn5nc(C(=O)NC)c(Cl)c5C4)c3CS2)c1C(F)(F)F. The maximum Gasteiger partial charge on any atom is 0.419 e. The number of methoxy groups -OCH3 is 1. The summed E-state index contributed by atoms with van der Waals surface area (Å²) >= 11 is 7.89. The van der Waals surface area contributed by atoms with Gasteiger partial charge in [-0.15, -0.1) is 17.7 Å². The number of amides is 1. The summed E-state index contributed by atoms with van der Waals surface area (Å²) in [6, 6.07) is 1.24. The monoisotopic (exact) mass is 606 g/mol. The lowest BCUT2D eigenvalue weighted by Crippen LogP contribution is -2.28. The molecule has 0 radical (unpaired) electrons. The lowest BCUT2D eigenvalue weighted by Gasteiger charge is -2.30. The number of halogens is 4. The number of nitrogens with two attached hydrogens (primary N) is 1. The molecule has 2 aliphatic rings. The number of fused-ring (bicyclic) bond motifs is 2. The summed E-state index contributed by atoms with van der Waals surface area (Å²) in [5.74, 6) is 5.57. The van der Waals surface area contributed by atoms with E-state index < -0.39 is 17.0 Å². The number of aromatic nitrogens is 5. The normalized spacial score (nSPS) is 16.7. The number of carbonyl (C=O) groups is 1. The Labute approximate surface area is 243 Å². The molecule has 0 aliphatic carbocycles. The van der Waals surface area contributed by atoms with Crippen molar-refractivity contribution in [3.63, 3.8) is 0 Å². The number of hydrogen-bond acceptors (Lipinski definition) is 9. The Bertz CT molecular complexity index is 1580. The number of alkyl halides is 3. The van der Waals surface area contributed by atoms with E-state index in [1.165, 1.54) is 32.8 Å². The Morgan fingerprint density at radius 2 is 2.07 bits per heavy atom. The molecule has 41 heavy (non-hydrogen) atoms. The van der Waals surface area contributed by atoms with Gasteiger partial charge in [-0.1, -0.05) is 17.5 Å². The molecule has 0 spiro atoms. The smallest absolute Gasteiger partial charge is 0.419 e. The van der Waals surface area contributed by atoms with Crippen LogP contribution in [0.5, 0.6) is 6.01 Å². The first-order valence-corrected chi connectivity index (χ1v) is 14.1. The van der Waals surface area contributed by atoms with Gasteiger partial charge in [0, 0.05) is 43.4 Å². The average molecular weight is 607 g/mol. The average Bonchev–Trinajstić information content (AvgIpc) is 3.10. The highest BCUT2D eigenvalue weighted by Gasteiger charge is 2.41. The number of carbonyl (C=O) groups excluding carboxylic acids is 1. The molecule has 15 heteroatoms. The molecule has 0 aromatic carbocycles. The summed E-state index contributed by atoms with van der Waals surface area (Å²) in [5.41, 5.74) is 6.82. The third kappa shape index (κ3) is 5.48. The highest BCUT2D eigenvalue weighted by Crippen LogP contribution is 2.47. The van der Waals surface area contributed by atoms with Gasteiger partial charge in [-0.3, -0.25) is 9.48 Å². The number of hydrogen-bond donors (Lipinski definition) is 2. The van der Waals surface area contributed by atoms with Crippen LogP contribution >= 0.6 is 23.4 Å². The maximum absolute atomic E-state index is 14.3. The van der Waals surface area contributed by atoms with Crippen molar-refractivity contribution in [2.75, 3.05) is 31.3 Å². The highest BCUT2D eigenvalue weighted by atomic mass is 35.5. The molecule has 10 nitrogen and oxygen atoms in total. The first kappa shape index (κ1) is 28.8. The lowest BCUT2D eigenvalue weighted by atomic mass is 9.99. The molecule has 5 rings (SSSR count). The van der Waals surface area contributed by atoms with Crippen molar-refractivity contribution in [3.8, 4) is 17.9 Å². The van der Waals surface area contributed by atoms with Gasteiger partial charge in [-0.2, -0.15) is 28.2 Å². The Morgan fingerprint density at radius 3 is 2.76 bits per heavy atom. The van der Waals surface area contributed by atoms with Gasteiger partial charge in [0.15, 0.2) is 5.69 Å². The fourth-order valence-corrected chi connectivity index (χ4v) is 6.58. The van der Waals surface area contributed by atoms with Crippen LogP contribution in [0, 0.1) is 11.8 Å². The van der Waals surface area contributed by atoms with E-state index in [9.17, 15) is 18.0 Å². The van der Waals surface area contributed by atoms with Crippen LogP contribution in [0.3, 0.4) is 0 Å². The zero-order valence-corrected chi connectivity index (χ0v) is 24.0. The molecular formula is C26H26ClF3N8O2S. The number of nitrogen functional groups attached to an aromatic ring is 1. The van der Waals surface area contributed by atoms with Crippen molar-refractivity contribution in [1.29, 1.82) is 0 Å². The van der Waals surface area contributed by atoms with Gasteiger partial charge in [0.1, 0.15) is 11.6 Å². The first-order valence-electron chi connectivity index (χ1n) is 12.6. The van der Waals surface area contributed by atoms with E-state index in [4.69, 9.17) is 22.1 Å². The molecule has 5 heterocycles. The van der Waals surface area contributed by atoms with Crippen LogP contribution in [0.25, 0.3) is 0 Å². The molecule has 0 saturated heterocycles. The molecule has 3 aromatic heterocycles. The molecule has 0 saturated carbocycles. The number of ether oxygens (including phenoxy) is 1. The van der Waals surface area contributed by atoms with Crippen LogP contribution in [0.2, 0.25) is 5.02 Å². The highest BCUT2D eigenvalue weighted by molar-refractivity contribution is 7.98. The minimum atomic E-state index is -4.67. The van der Waals surface area contributed by atoms with Crippen LogP contribution < -0.4 is 20.7 Å². The molecular weight excluding hydrogens is 581 g/mol. The lowest BCUT2D eigenvalue weighted by molar-refractivity contribution is -0.138. The summed E-state index contributed by atoms with van der Waals surface area (Å²) in [5, 5.41) is 6.53. The van der Waals surface area contributed by atoms with Gasteiger partial charge in [-0.05, 0) is 19.4 Å². The number of anilines is 2. The Balaban J connectivity index is 1.55. The predicted molar refractivity (Wildman–Crippen MR) is 149 cm³/mol. The summed E-state index contributed by atoms with van der Waals surface area (Å²) < 4.78 is 49.9. The van der Waals surface area contributed by atoms with Crippen molar-refractivity contribution in [3.05, 3.63) is 50.6 Å². The summed E-state index contributed by atoms with van der Waals surface area (Å²) in [4.78, 5) is 27.6. The third-order valence-electron chi connectivity index (χ3n) is 6.83. The van der Waals surface area contributed by atoms with Crippen molar-refractivity contribution in [2.24, 2.45) is 0 Å². The Morgan fingerprint density at radius 1 is 1.29 bits per heavy atom. The van der Waals surface area contributed by atoms with Gasteiger partial charge in [0.25, 0.3) is 5.91 Å². The molecule has 1 unspecified atom stereocenters. The largest absolute Gasteiger partial charge is 0.467 e. The zero-order chi connectivity index (χ0) is 29.5. The van der Waals surface area contributed by atoms with E-state index in [2.05, 4.69) is 37.2 Å². The first-order chi connectivity index (χ1) is 19.5. The molecule has 1 amide bonds. The van der Waals surface area contributed by atoms with Crippen molar-refractivity contribution >= 4 is 40.9 Å². The van der Waals surface area contributed by atoms with Crippen LogP contribution in [-0.4, -0.2) is 51.3 Å². The molecule has 2 aliphatic heterocycles.